The number of aliphatic imine (C=N–C) groups is 1. The van der Waals surface area contributed by atoms with E-state index in [2.05, 4.69) is 48.4 Å². The zero-order valence-corrected chi connectivity index (χ0v) is 16.9. The molecule has 0 saturated carbocycles. The van der Waals surface area contributed by atoms with Crippen molar-refractivity contribution in [2.75, 3.05) is 33.3 Å². The van der Waals surface area contributed by atoms with Crippen molar-refractivity contribution in [2.45, 2.75) is 58.5 Å². The van der Waals surface area contributed by atoms with Crippen molar-refractivity contribution in [1.82, 2.24) is 15.5 Å². The van der Waals surface area contributed by atoms with Gasteiger partial charge in [0, 0.05) is 38.3 Å². The van der Waals surface area contributed by atoms with Crippen LogP contribution in [0.2, 0.25) is 0 Å². The second-order valence-electron chi connectivity index (χ2n) is 7.26. The van der Waals surface area contributed by atoms with Crippen molar-refractivity contribution in [2.24, 2.45) is 4.99 Å². The summed E-state index contributed by atoms with van der Waals surface area (Å²) in [5.41, 5.74) is 1.30. The molecule has 0 atom stereocenters. The van der Waals surface area contributed by atoms with Crippen molar-refractivity contribution in [1.29, 1.82) is 0 Å². The molecule has 0 radical (unpaired) electrons. The third-order valence-corrected chi connectivity index (χ3v) is 4.97. The van der Waals surface area contributed by atoms with E-state index in [9.17, 15) is 0 Å². The molecule has 1 aromatic rings. The minimum absolute atomic E-state index is 0.529. The van der Waals surface area contributed by atoms with Gasteiger partial charge in [0.2, 0.25) is 0 Å². The molecule has 5 heteroatoms. The van der Waals surface area contributed by atoms with E-state index < -0.39 is 0 Å². The summed E-state index contributed by atoms with van der Waals surface area (Å²) in [7, 11) is 1.71. The fourth-order valence-electron chi connectivity index (χ4n) is 3.38. The van der Waals surface area contributed by atoms with Gasteiger partial charge in [-0.05, 0) is 64.2 Å². The average molecular weight is 361 g/mol. The molecule has 1 aliphatic rings. The highest BCUT2D eigenvalue weighted by atomic mass is 16.5. The highest BCUT2D eigenvalue weighted by molar-refractivity contribution is 5.80. The summed E-state index contributed by atoms with van der Waals surface area (Å²) in [6, 6.07) is 9.47. The van der Waals surface area contributed by atoms with Crippen molar-refractivity contribution < 1.29 is 4.74 Å². The van der Waals surface area contributed by atoms with Crippen LogP contribution in [0, 0.1) is 0 Å². The minimum atomic E-state index is 0.529. The Hall–Kier alpha value is -1.75. The van der Waals surface area contributed by atoms with Crippen LogP contribution in [0.15, 0.2) is 29.3 Å². The summed E-state index contributed by atoms with van der Waals surface area (Å²) in [6.45, 7) is 10.7. The average Bonchev–Trinajstić information content (AvgIpc) is 2.66. The Bertz CT molecular complexity index is 551. The lowest BCUT2D eigenvalue weighted by molar-refractivity contribution is 0.167. The number of nitrogens with one attached hydrogen (secondary N) is 2. The van der Waals surface area contributed by atoms with Gasteiger partial charge >= 0.3 is 0 Å². The molecule has 0 aromatic heterocycles. The SMILES string of the molecule is CCNC(=NCCCc1cccc(OC)c1)NC1CCN(C(C)C)CC1. The lowest BCUT2D eigenvalue weighted by Gasteiger charge is -2.35. The highest BCUT2D eigenvalue weighted by Crippen LogP contribution is 2.14. The molecule has 1 saturated heterocycles. The van der Waals surface area contributed by atoms with Crippen molar-refractivity contribution in [3.05, 3.63) is 29.8 Å². The molecule has 146 valence electrons. The van der Waals surface area contributed by atoms with Crippen molar-refractivity contribution in [3.8, 4) is 5.75 Å². The summed E-state index contributed by atoms with van der Waals surface area (Å²) in [4.78, 5) is 7.32. The fraction of sp³-hybridized carbons (Fsp3) is 0.667. The van der Waals surface area contributed by atoms with Gasteiger partial charge in [0.1, 0.15) is 5.75 Å². The Kier molecular flexibility index (Phi) is 8.75. The number of hydrogen-bond donors (Lipinski definition) is 2. The van der Waals surface area contributed by atoms with Gasteiger partial charge < -0.3 is 20.3 Å². The number of ether oxygens (including phenoxy) is 1. The van der Waals surface area contributed by atoms with Gasteiger partial charge in [0.05, 0.1) is 7.11 Å². The van der Waals surface area contributed by atoms with Crippen LogP contribution in [0.4, 0.5) is 0 Å². The third kappa shape index (κ3) is 6.87. The Balaban J connectivity index is 1.77. The standard InChI is InChI=1S/C21H36N4O/c1-5-22-21(24-19-11-14-25(15-12-19)17(2)3)23-13-7-9-18-8-6-10-20(16-18)26-4/h6,8,10,16-17,19H,5,7,9,11-15H2,1-4H3,(H2,22,23,24). The Morgan fingerprint density at radius 1 is 1.31 bits per heavy atom. The number of rotatable bonds is 8. The third-order valence-electron chi connectivity index (χ3n) is 4.97. The quantitative estimate of drug-likeness (QED) is 0.425. The minimum Gasteiger partial charge on any atom is -0.497 e. The molecule has 0 unspecified atom stereocenters. The maximum absolute atomic E-state index is 5.29. The van der Waals surface area contributed by atoms with Gasteiger partial charge in [-0.1, -0.05) is 12.1 Å². The zero-order chi connectivity index (χ0) is 18.8. The highest BCUT2D eigenvalue weighted by Gasteiger charge is 2.21. The van der Waals surface area contributed by atoms with Gasteiger partial charge in [-0.3, -0.25) is 4.99 Å². The summed E-state index contributed by atoms with van der Waals surface area (Å²) < 4.78 is 5.29. The summed E-state index contributed by atoms with van der Waals surface area (Å²) in [5, 5.41) is 7.01. The van der Waals surface area contributed by atoms with E-state index in [1.807, 2.05) is 12.1 Å². The Morgan fingerprint density at radius 3 is 2.73 bits per heavy atom. The smallest absolute Gasteiger partial charge is 0.191 e. The first-order valence-corrected chi connectivity index (χ1v) is 10.0. The molecule has 1 heterocycles. The van der Waals surface area contributed by atoms with E-state index in [1.165, 1.54) is 31.5 Å². The lowest BCUT2D eigenvalue weighted by atomic mass is 10.0. The first-order chi connectivity index (χ1) is 12.6. The van der Waals surface area contributed by atoms with Crippen molar-refractivity contribution >= 4 is 5.96 Å². The van der Waals surface area contributed by atoms with Crippen LogP contribution < -0.4 is 15.4 Å². The van der Waals surface area contributed by atoms with E-state index in [0.29, 0.717) is 12.1 Å². The fourth-order valence-corrected chi connectivity index (χ4v) is 3.38. The number of hydrogen-bond acceptors (Lipinski definition) is 3. The van der Waals surface area contributed by atoms with Crippen LogP contribution in [-0.2, 0) is 6.42 Å². The van der Waals surface area contributed by atoms with Gasteiger partial charge in [0.25, 0.3) is 0 Å². The molecule has 2 rings (SSSR count). The number of guanidine groups is 1. The van der Waals surface area contributed by atoms with E-state index in [4.69, 9.17) is 9.73 Å². The molecule has 0 spiro atoms. The van der Waals surface area contributed by atoms with Crippen LogP contribution in [0.3, 0.4) is 0 Å². The van der Waals surface area contributed by atoms with E-state index in [-0.39, 0.29) is 0 Å². The normalized spacial score (nSPS) is 16.7. The summed E-state index contributed by atoms with van der Waals surface area (Å²) >= 11 is 0. The lowest BCUT2D eigenvalue weighted by Crippen LogP contribution is -2.49. The van der Waals surface area contributed by atoms with E-state index >= 15 is 0 Å². The van der Waals surface area contributed by atoms with Crippen LogP contribution in [0.5, 0.6) is 5.75 Å². The van der Waals surface area contributed by atoms with Gasteiger partial charge in [0.15, 0.2) is 5.96 Å². The number of piperidine rings is 1. The maximum Gasteiger partial charge on any atom is 0.191 e. The number of nitrogens with zero attached hydrogens (tertiary/aromatic N) is 2. The van der Waals surface area contributed by atoms with Gasteiger partial charge in [-0.25, -0.2) is 0 Å². The first kappa shape index (κ1) is 20.6. The molecular formula is C21H36N4O. The molecule has 2 N–H and O–H groups in total. The largest absolute Gasteiger partial charge is 0.497 e. The molecule has 5 nitrogen and oxygen atoms in total. The Morgan fingerprint density at radius 2 is 2.08 bits per heavy atom. The first-order valence-electron chi connectivity index (χ1n) is 10.0. The maximum atomic E-state index is 5.29. The predicted octanol–water partition coefficient (Wildman–Crippen LogP) is 3.06. The molecule has 1 aromatic carbocycles. The van der Waals surface area contributed by atoms with Crippen LogP contribution in [-0.4, -0.2) is 56.2 Å². The summed E-state index contributed by atoms with van der Waals surface area (Å²) in [6.07, 6.45) is 4.43. The topological polar surface area (TPSA) is 48.9 Å². The molecule has 0 amide bonds. The van der Waals surface area contributed by atoms with Crippen LogP contribution in [0.1, 0.15) is 45.6 Å². The zero-order valence-electron chi connectivity index (χ0n) is 16.9. The molecular weight excluding hydrogens is 324 g/mol. The van der Waals surface area contributed by atoms with Gasteiger partial charge in [-0.15, -0.1) is 0 Å². The second kappa shape index (κ2) is 11.1. The number of aryl methyl sites for hydroxylation is 1. The van der Waals surface area contributed by atoms with Crippen LogP contribution in [0.25, 0.3) is 0 Å². The van der Waals surface area contributed by atoms with E-state index in [0.717, 1.165) is 37.6 Å². The molecule has 0 bridgehead atoms. The number of methoxy groups -OCH3 is 1. The predicted molar refractivity (Wildman–Crippen MR) is 110 cm³/mol. The molecule has 1 fully saturated rings. The monoisotopic (exact) mass is 360 g/mol. The van der Waals surface area contributed by atoms with E-state index in [1.54, 1.807) is 7.11 Å². The molecule has 26 heavy (non-hydrogen) atoms. The summed E-state index contributed by atoms with van der Waals surface area (Å²) in [5.74, 6) is 1.88. The molecule has 0 aliphatic carbocycles. The van der Waals surface area contributed by atoms with Crippen molar-refractivity contribution in [3.63, 3.8) is 0 Å². The van der Waals surface area contributed by atoms with Gasteiger partial charge in [-0.2, -0.15) is 0 Å². The molecule has 1 aliphatic heterocycles. The number of likely N-dealkylation sites (tertiary alicyclic amines) is 1. The number of benzene rings is 1. The second-order valence-corrected chi connectivity index (χ2v) is 7.26. The Labute approximate surface area is 159 Å². The van der Waals surface area contributed by atoms with Crippen LogP contribution >= 0.6 is 0 Å².